The Labute approximate surface area is 149 Å². The first-order valence-electron chi connectivity index (χ1n) is 7.74. The van der Waals surface area contributed by atoms with Crippen LogP contribution in [0.1, 0.15) is 18.1 Å². The van der Waals surface area contributed by atoms with Crippen molar-refractivity contribution in [3.8, 4) is 0 Å². The Kier molecular flexibility index (Phi) is 4.67. The maximum atomic E-state index is 12.2. The lowest BCUT2D eigenvalue weighted by Gasteiger charge is -2.10. The van der Waals surface area contributed by atoms with Crippen LogP contribution in [-0.2, 0) is 4.79 Å². The minimum Gasteiger partial charge on any atom is -0.308 e. The molecule has 0 bridgehead atoms. The van der Waals surface area contributed by atoms with Gasteiger partial charge in [-0.05, 0) is 43.7 Å². The SMILES string of the molecule is CC(=O)Nc1nc2cc(NC(=O)Nc3ccc(C)cc3C)ccc2s1. The first-order chi connectivity index (χ1) is 11.9. The normalized spacial score (nSPS) is 10.5. The van der Waals surface area contributed by atoms with Crippen LogP contribution in [0.25, 0.3) is 10.2 Å². The van der Waals surface area contributed by atoms with Crippen molar-refractivity contribution in [1.29, 1.82) is 0 Å². The Morgan fingerprint density at radius 3 is 2.52 bits per heavy atom. The number of aryl methyl sites for hydroxylation is 2. The third kappa shape index (κ3) is 4.13. The lowest BCUT2D eigenvalue weighted by Crippen LogP contribution is -2.19. The fourth-order valence-electron chi connectivity index (χ4n) is 2.45. The smallest absolute Gasteiger partial charge is 0.308 e. The number of benzene rings is 2. The van der Waals surface area contributed by atoms with E-state index in [2.05, 4.69) is 20.9 Å². The zero-order valence-electron chi connectivity index (χ0n) is 14.1. The van der Waals surface area contributed by atoms with Crippen LogP contribution < -0.4 is 16.0 Å². The number of urea groups is 1. The van der Waals surface area contributed by atoms with Crippen LogP contribution in [0.15, 0.2) is 36.4 Å². The van der Waals surface area contributed by atoms with Crippen molar-refractivity contribution >= 4 is 50.0 Å². The maximum absolute atomic E-state index is 12.2. The molecule has 0 aliphatic heterocycles. The van der Waals surface area contributed by atoms with E-state index in [1.54, 1.807) is 12.1 Å². The van der Waals surface area contributed by atoms with E-state index in [1.807, 2.05) is 38.1 Å². The Hall–Kier alpha value is -2.93. The highest BCUT2D eigenvalue weighted by Crippen LogP contribution is 2.28. The van der Waals surface area contributed by atoms with E-state index in [0.29, 0.717) is 10.8 Å². The number of carbonyl (C=O) groups is 2. The molecule has 128 valence electrons. The van der Waals surface area contributed by atoms with Crippen molar-refractivity contribution in [1.82, 2.24) is 4.98 Å². The van der Waals surface area contributed by atoms with Gasteiger partial charge in [0.2, 0.25) is 5.91 Å². The monoisotopic (exact) mass is 354 g/mol. The molecule has 3 aromatic rings. The van der Waals surface area contributed by atoms with Gasteiger partial charge in [-0.2, -0.15) is 0 Å². The number of amides is 3. The summed E-state index contributed by atoms with van der Waals surface area (Å²) in [6.45, 7) is 5.40. The van der Waals surface area contributed by atoms with Gasteiger partial charge in [-0.3, -0.25) is 4.79 Å². The fraction of sp³-hybridized carbons (Fsp3) is 0.167. The molecule has 1 aromatic heterocycles. The standard InChI is InChI=1S/C18H18N4O2S/c1-10-4-6-14(11(2)8-10)21-17(24)20-13-5-7-16-15(9-13)22-18(25-16)19-12(3)23/h4-9H,1-3H3,(H,19,22,23)(H2,20,21,24). The van der Waals surface area contributed by atoms with Crippen molar-refractivity contribution in [2.45, 2.75) is 20.8 Å². The number of thiazole rings is 1. The van der Waals surface area contributed by atoms with Gasteiger partial charge in [-0.15, -0.1) is 0 Å². The summed E-state index contributed by atoms with van der Waals surface area (Å²) in [4.78, 5) is 27.7. The van der Waals surface area contributed by atoms with Crippen LogP contribution in [0.5, 0.6) is 0 Å². The molecule has 6 nitrogen and oxygen atoms in total. The second-order valence-corrected chi connectivity index (χ2v) is 6.81. The molecule has 0 unspecified atom stereocenters. The van der Waals surface area contributed by atoms with E-state index >= 15 is 0 Å². The van der Waals surface area contributed by atoms with Crippen molar-refractivity contribution < 1.29 is 9.59 Å². The van der Waals surface area contributed by atoms with Crippen LogP contribution in [0, 0.1) is 13.8 Å². The van der Waals surface area contributed by atoms with E-state index in [-0.39, 0.29) is 11.9 Å². The average Bonchev–Trinajstić information content (AvgIpc) is 2.90. The molecule has 1 heterocycles. The molecule has 3 amide bonds. The highest BCUT2D eigenvalue weighted by atomic mass is 32.1. The molecule has 0 atom stereocenters. The number of hydrogen-bond donors (Lipinski definition) is 3. The van der Waals surface area contributed by atoms with Crippen molar-refractivity contribution in [3.63, 3.8) is 0 Å². The summed E-state index contributed by atoms with van der Waals surface area (Å²) in [7, 11) is 0. The lowest BCUT2D eigenvalue weighted by molar-refractivity contribution is -0.114. The number of hydrogen-bond acceptors (Lipinski definition) is 4. The minimum absolute atomic E-state index is 0.162. The highest BCUT2D eigenvalue weighted by molar-refractivity contribution is 7.22. The number of aromatic nitrogens is 1. The molecular formula is C18H18N4O2S. The molecule has 7 heteroatoms. The van der Waals surface area contributed by atoms with Crippen LogP contribution >= 0.6 is 11.3 Å². The predicted octanol–water partition coefficient (Wildman–Crippen LogP) is 4.52. The van der Waals surface area contributed by atoms with Crippen molar-refractivity contribution in [2.75, 3.05) is 16.0 Å². The Morgan fingerprint density at radius 2 is 1.80 bits per heavy atom. The topological polar surface area (TPSA) is 83.1 Å². The average molecular weight is 354 g/mol. The third-order valence-electron chi connectivity index (χ3n) is 3.56. The number of rotatable bonds is 3. The first kappa shape index (κ1) is 16.9. The zero-order valence-corrected chi connectivity index (χ0v) is 15.0. The van der Waals surface area contributed by atoms with E-state index in [9.17, 15) is 9.59 Å². The Morgan fingerprint density at radius 1 is 1.00 bits per heavy atom. The second kappa shape index (κ2) is 6.90. The molecule has 0 aliphatic carbocycles. The van der Waals surface area contributed by atoms with Crippen LogP contribution in [0.4, 0.5) is 21.3 Å². The Bertz CT molecular complexity index is 965. The van der Waals surface area contributed by atoms with E-state index in [1.165, 1.54) is 18.3 Å². The molecule has 0 radical (unpaired) electrons. The summed E-state index contributed by atoms with van der Waals surface area (Å²) in [5.41, 5.74) is 4.27. The van der Waals surface area contributed by atoms with Gasteiger partial charge in [0, 0.05) is 18.3 Å². The number of anilines is 3. The van der Waals surface area contributed by atoms with Gasteiger partial charge in [0.25, 0.3) is 0 Å². The number of fused-ring (bicyclic) bond motifs is 1. The highest BCUT2D eigenvalue weighted by Gasteiger charge is 2.09. The van der Waals surface area contributed by atoms with Gasteiger partial charge in [0.05, 0.1) is 10.2 Å². The van der Waals surface area contributed by atoms with Crippen LogP contribution in [0.3, 0.4) is 0 Å². The number of nitrogens with zero attached hydrogens (tertiary/aromatic N) is 1. The summed E-state index contributed by atoms with van der Waals surface area (Å²) in [6.07, 6.45) is 0. The largest absolute Gasteiger partial charge is 0.323 e. The predicted molar refractivity (Wildman–Crippen MR) is 102 cm³/mol. The third-order valence-corrected chi connectivity index (χ3v) is 4.51. The van der Waals surface area contributed by atoms with Crippen LogP contribution in [0.2, 0.25) is 0 Å². The van der Waals surface area contributed by atoms with Gasteiger partial charge < -0.3 is 16.0 Å². The summed E-state index contributed by atoms with van der Waals surface area (Å²) >= 11 is 1.39. The summed E-state index contributed by atoms with van der Waals surface area (Å²) in [6, 6.07) is 11.0. The number of nitrogens with one attached hydrogen (secondary N) is 3. The van der Waals surface area contributed by atoms with E-state index < -0.39 is 0 Å². The molecule has 0 aliphatic rings. The summed E-state index contributed by atoms with van der Waals surface area (Å²) < 4.78 is 0.934. The number of carbonyl (C=O) groups excluding carboxylic acids is 2. The van der Waals surface area contributed by atoms with Gasteiger partial charge >= 0.3 is 6.03 Å². The van der Waals surface area contributed by atoms with Gasteiger partial charge in [0.15, 0.2) is 5.13 Å². The van der Waals surface area contributed by atoms with Crippen molar-refractivity contribution in [3.05, 3.63) is 47.5 Å². The molecule has 2 aromatic carbocycles. The molecule has 0 saturated carbocycles. The molecule has 0 spiro atoms. The second-order valence-electron chi connectivity index (χ2n) is 5.78. The fourth-order valence-corrected chi connectivity index (χ4v) is 3.34. The van der Waals surface area contributed by atoms with E-state index in [4.69, 9.17) is 0 Å². The summed E-state index contributed by atoms with van der Waals surface area (Å²) in [5, 5.41) is 8.85. The lowest BCUT2D eigenvalue weighted by atomic mass is 10.1. The van der Waals surface area contributed by atoms with Crippen LogP contribution in [-0.4, -0.2) is 16.9 Å². The Balaban J connectivity index is 1.73. The zero-order chi connectivity index (χ0) is 18.0. The quantitative estimate of drug-likeness (QED) is 0.647. The van der Waals surface area contributed by atoms with Gasteiger partial charge in [-0.25, -0.2) is 9.78 Å². The van der Waals surface area contributed by atoms with E-state index in [0.717, 1.165) is 27.0 Å². The van der Waals surface area contributed by atoms with Gasteiger partial charge in [-0.1, -0.05) is 29.0 Å². The van der Waals surface area contributed by atoms with Crippen molar-refractivity contribution in [2.24, 2.45) is 0 Å². The molecule has 0 saturated heterocycles. The molecule has 3 rings (SSSR count). The molecule has 3 N–H and O–H groups in total. The first-order valence-corrected chi connectivity index (χ1v) is 8.56. The minimum atomic E-state index is -0.316. The van der Waals surface area contributed by atoms with Gasteiger partial charge in [0.1, 0.15) is 0 Å². The maximum Gasteiger partial charge on any atom is 0.323 e. The molecule has 0 fully saturated rings. The molecular weight excluding hydrogens is 336 g/mol. The molecule has 25 heavy (non-hydrogen) atoms. The summed E-state index contributed by atoms with van der Waals surface area (Å²) in [5.74, 6) is -0.162.